The Hall–Kier alpha value is -1.48. The van der Waals surface area contributed by atoms with Gasteiger partial charge >= 0.3 is 5.51 Å². The lowest BCUT2D eigenvalue weighted by atomic mass is 10.1. The minimum atomic E-state index is -4.69. The molecule has 0 radical (unpaired) electrons. The molecule has 0 aliphatic carbocycles. The van der Waals surface area contributed by atoms with Crippen molar-refractivity contribution in [3.8, 4) is 0 Å². The van der Waals surface area contributed by atoms with Gasteiger partial charge in [-0.3, -0.25) is 0 Å². The van der Waals surface area contributed by atoms with Gasteiger partial charge < -0.3 is 13.9 Å². The van der Waals surface area contributed by atoms with Gasteiger partial charge in [-0.1, -0.05) is 12.5 Å². The van der Waals surface area contributed by atoms with Crippen LogP contribution in [0.5, 0.6) is 0 Å². The molecule has 1 aliphatic heterocycles. The highest BCUT2D eigenvalue weighted by molar-refractivity contribution is 7.92. The summed E-state index contributed by atoms with van der Waals surface area (Å²) in [7, 11) is 1.91. The third-order valence-electron chi connectivity index (χ3n) is 4.96. The molecule has 0 N–H and O–H groups in total. The second kappa shape index (κ2) is 8.90. The number of halogens is 3. The number of hydrogen-bond donors (Lipinski definition) is 0. The van der Waals surface area contributed by atoms with Crippen molar-refractivity contribution in [2.24, 2.45) is 12.0 Å². The molecule has 2 heterocycles. The van der Waals surface area contributed by atoms with Crippen molar-refractivity contribution >= 4 is 22.6 Å². The lowest BCUT2D eigenvalue weighted by Crippen LogP contribution is -2.33. The van der Waals surface area contributed by atoms with E-state index in [-0.39, 0.29) is 18.6 Å². The Morgan fingerprint density at radius 2 is 2.07 bits per heavy atom. The first-order valence-electron chi connectivity index (χ1n) is 9.38. The van der Waals surface area contributed by atoms with Gasteiger partial charge in [0.25, 0.3) is 0 Å². The maximum Gasteiger partial charge on any atom is 0.572 e. The zero-order chi connectivity index (χ0) is 21.2. The van der Waals surface area contributed by atoms with Crippen molar-refractivity contribution in [3.63, 3.8) is 0 Å². The molecular weight excluding hydrogens is 391 g/mol. The Morgan fingerprint density at radius 3 is 2.57 bits per heavy atom. The number of imidazole rings is 1. The van der Waals surface area contributed by atoms with Crippen LogP contribution in [0.25, 0.3) is 5.57 Å². The van der Waals surface area contributed by atoms with Gasteiger partial charge in [0, 0.05) is 13.2 Å². The van der Waals surface area contributed by atoms with E-state index in [4.69, 9.17) is 4.74 Å². The molecule has 0 aromatic carbocycles. The molecule has 0 amide bonds. The number of aliphatic imine (C=N–C) groups is 1. The third-order valence-corrected chi connectivity index (χ3v) is 6.39. The van der Waals surface area contributed by atoms with Gasteiger partial charge in [-0.05, 0) is 47.0 Å². The van der Waals surface area contributed by atoms with Crippen LogP contribution < -0.4 is 0 Å². The van der Waals surface area contributed by atoms with Gasteiger partial charge in [0.05, 0.1) is 28.5 Å². The van der Waals surface area contributed by atoms with Crippen molar-refractivity contribution in [1.29, 1.82) is 0 Å². The molecule has 0 spiro atoms. The van der Waals surface area contributed by atoms with E-state index in [0.717, 1.165) is 29.1 Å². The zero-order valence-corrected chi connectivity index (χ0v) is 17.9. The fraction of sp³-hybridized carbons (Fsp3) is 0.684. The van der Waals surface area contributed by atoms with E-state index in [1.807, 2.05) is 45.5 Å². The molecule has 158 valence electrons. The summed E-state index contributed by atoms with van der Waals surface area (Å²) in [5.74, 6) is 1.24. The number of nitrogens with zero attached hydrogens (tertiary/aromatic N) is 3. The summed E-state index contributed by atoms with van der Waals surface area (Å²) in [6.07, 6.45) is 2.88. The molecule has 4 unspecified atom stereocenters. The second-order valence-electron chi connectivity index (χ2n) is 7.29. The highest BCUT2D eigenvalue weighted by Gasteiger charge is 2.47. The van der Waals surface area contributed by atoms with Crippen molar-refractivity contribution in [1.82, 2.24) is 9.55 Å². The van der Waals surface area contributed by atoms with Crippen molar-refractivity contribution in [2.45, 2.75) is 76.8 Å². The van der Waals surface area contributed by atoms with Gasteiger partial charge in [-0.15, -0.1) is 13.2 Å². The topological polar surface area (TPSA) is 62.5 Å². The number of alkyl halides is 3. The van der Waals surface area contributed by atoms with E-state index in [1.54, 1.807) is 0 Å². The van der Waals surface area contributed by atoms with Gasteiger partial charge in [0.2, 0.25) is 5.90 Å². The lowest BCUT2D eigenvalue weighted by Gasteiger charge is -2.21. The number of rotatable bonds is 7. The summed E-state index contributed by atoms with van der Waals surface area (Å²) in [5, 5.41) is -0.982. The van der Waals surface area contributed by atoms with Crippen molar-refractivity contribution < 1.29 is 22.5 Å². The second-order valence-corrected chi connectivity index (χ2v) is 9.15. The summed E-state index contributed by atoms with van der Waals surface area (Å²) in [6.45, 7) is 9.18. The Kier molecular flexibility index (Phi) is 7.25. The van der Waals surface area contributed by atoms with Gasteiger partial charge in [-0.2, -0.15) is 0 Å². The van der Waals surface area contributed by atoms with Gasteiger partial charge in [-0.25, -0.2) is 9.98 Å². The average molecular weight is 420 g/mol. The van der Waals surface area contributed by atoms with Gasteiger partial charge in [0.15, 0.2) is 0 Å². The molecule has 1 aliphatic rings. The molecule has 0 bridgehead atoms. The summed E-state index contributed by atoms with van der Waals surface area (Å²) in [5.41, 5.74) is -1.90. The maximum absolute atomic E-state index is 12.6. The molecule has 9 heteroatoms. The summed E-state index contributed by atoms with van der Waals surface area (Å²) >= 11 is -2.87. The monoisotopic (exact) mass is 419 g/mol. The quantitative estimate of drug-likeness (QED) is 0.610. The summed E-state index contributed by atoms with van der Waals surface area (Å²) in [6, 6.07) is -0.192. The molecule has 0 saturated heterocycles. The van der Waals surface area contributed by atoms with Crippen LogP contribution in [0.2, 0.25) is 0 Å². The van der Waals surface area contributed by atoms with E-state index in [0.29, 0.717) is 12.3 Å². The largest absolute Gasteiger partial charge is 0.609 e. The summed E-state index contributed by atoms with van der Waals surface area (Å²) < 4.78 is 57.3. The molecule has 1 aromatic rings. The molecular formula is C19H28F3N3O2S. The SMILES string of the molecule is CC/C(C)=C(/C1=NC(C)C(CCC(C)[S+]([O-])C(F)(F)F)O1)c1nc(C)cn1C. The van der Waals surface area contributed by atoms with E-state index < -0.39 is 21.9 Å². The third kappa shape index (κ3) is 5.11. The fourth-order valence-electron chi connectivity index (χ4n) is 3.19. The smallest absolute Gasteiger partial charge is 0.572 e. The highest BCUT2D eigenvalue weighted by Crippen LogP contribution is 2.32. The Balaban J connectivity index is 2.14. The van der Waals surface area contributed by atoms with Crippen LogP contribution in [0.3, 0.4) is 0 Å². The minimum absolute atomic E-state index is 0.150. The molecule has 28 heavy (non-hydrogen) atoms. The predicted octanol–water partition coefficient (Wildman–Crippen LogP) is 4.54. The number of ether oxygens (including phenoxy) is 1. The summed E-state index contributed by atoms with van der Waals surface area (Å²) in [4.78, 5) is 9.20. The Labute approximate surface area is 167 Å². The number of allylic oxidation sites excluding steroid dienone is 1. The first-order chi connectivity index (χ1) is 13.0. The number of hydrogen-bond acceptors (Lipinski definition) is 4. The first kappa shape index (κ1) is 22.8. The average Bonchev–Trinajstić information content (AvgIpc) is 3.13. The van der Waals surface area contributed by atoms with Crippen LogP contribution in [0.1, 0.15) is 58.5 Å². The van der Waals surface area contributed by atoms with Crippen LogP contribution >= 0.6 is 0 Å². The maximum atomic E-state index is 12.6. The van der Waals surface area contributed by atoms with Gasteiger partial charge in [0.1, 0.15) is 17.2 Å². The number of aryl methyl sites for hydroxylation is 2. The van der Waals surface area contributed by atoms with Crippen LogP contribution in [-0.4, -0.2) is 42.9 Å². The Bertz CT molecular complexity index is 758. The predicted molar refractivity (Wildman–Crippen MR) is 105 cm³/mol. The number of aromatic nitrogens is 2. The molecule has 0 fully saturated rings. The molecule has 2 rings (SSSR count). The standard InChI is InChI=1S/C19H28F3N3O2S/c1-7-11(2)16(17-23-12(3)10-25(17)6)18-24-14(5)15(27-18)9-8-13(4)28(26)19(20,21)22/h10,13-15H,7-9H2,1-6H3/b16-11+. The molecule has 1 aromatic heterocycles. The Morgan fingerprint density at radius 1 is 1.43 bits per heavy atom. The van der Waals surface area contributed by atoms with E-state index >= 15 is 0 Å². The van der Waals surface area contributed by atoms with Crippen LogP contribution in [0, 0.1) is 6.92 Å². The fourth-order valence-corrected chi connectivity index (χ4v) is 4.00. The van der Waals surface area contributed by atoms with Crippen molar-refractivity contribution in [2.75, 3.05) is 0 Å². The van der Waals surface area contributed by atoms with Crippen LogP contribution in [0.15, 0.2) is 16.8 Å². The van der Waals surface area contributed by atoms with E-state index in [2.05, 4.69) is 9.98 Å². The van der Waals surface area contributed by atoms with E-state index in [1.165, 1.54) is 6.92 Å². The lowest BCUT2D eigenvalue weighted by molar-refractivity contribution is -0.0444. The highest BCUT2D eigenvalue weighted by atomic mass is 32.2. The first-order valence-corrected chi connectivity index (χ1v) is 10.6. The molecule has 5 nitrogen and oxygen atoms in total. The van der Waals surface area contributed by atoms with Crippen LogP contribution in [0.4, 0.5) is 13.2 Å². The van der Waals surface area contributed by atoms with Crippen molar-refractivity contribution in [3.05, 3.63) is 23.3 Å². The van der Waals surface area contributed by atoms with Crippen LogP contribution in [-0.2, 0) is 23.0 Å². The molecule has 4 atom stereocenters. The minimum Gasteiger partial charge on any atom is -0.609 e. The zero-order valence-electron chi connectivity index (χ0n) is 17.1. The molecule has 0 saturated carbocycles. The van der Waals surface area contributed by atoms with E-state index in [9.17, 15) is 17.7 Å². The normalized spacial score (nSPS) is 23.1.